The fourth-order valence-corrected chi connectivity index (χ4v) is 6.86. The minimum atomic E-state index is -0.998. The number of aliphatic carboxylic acids is 2. The summed E-state index contributed by atoms with van der Waals surface area (Å²) in [7, 11) is 0. The van der Waals surface area contributed by atoms with Gasteiger partial charge in [0, 0.05) is 24.5 Å². The summed E-state index contributed by atoms with van der Waals surface area (Å²) in [5.74, 6) is 0.257. The van der Waals surface area contributed by atoms with Crippen LogP contribution in [0.4, 0.5) is 0 Å². The van der Waals surface area contributed by atoms with Crippen LogP contribution >= 0.6 is 35.3 Å². The molecule has 0 aromatic carbocycles. The van der Waals surface area contributed by atoms with Gasteiger partial charge in [0.1, 0.15) is 12.1 Å². The van der Waals surface area contributed by atoms with E-state index in [4.69, 9.17) is 0 Å². The Hall–Kier alpha value is -0.580. The van der Waals surface area contributed by atoms with Crippen LogP contribution in [-0.4, -0.2) is 85.2 Å². The van der Waals surface area contributed by atoms with Crippen LogP contribution in [0.15, 0.2) is 0 Å². The van der Waals surface area contributed by atoms with Crippen molar-refractivity contribution >= 4 is 53.1 Å². The third-order valence-electron chi connectivity index (χ3n) is 4.40. The predicted octanol–water partition coefficient (Wildman–Crippen LogP) is 1.03. The van der Waals surface area contributed by atoms with Crippen LogP contribution in [0.5, 0.6) is 0 Å². The molecule has 1 spiro atoms. The van der Waals surface area contributed by atoms with Gasteiger partial charge in [0.05, 0.1) is 10.1 Å². The Balaban J connectivity index is 2.05. The molecule has 2 unspecified atom stereocenters. The highest BCUT2D eigenvalue weighted by atomic mass is 32.2. The van der Waals surface area contributed by atoms with Crippen molar-refractivity contribution in [1.29, 1.82) is 0 Å². The molecule has 2 heterocycles. The lowest BCUT2D eigenvalue weighted by Crippen LogP contribution is -2.53. The second-order valence-electron chi connectivity index (χ2n) is 6.19. The van der Waals surface area contributed by atoms with Crippen molar-refractivity contribution in [2.75, 3.05) is 30.1 Å². The Labute approximate surface area is 160 Å². The van der Waals surface area contributed by atoms with Gasteiger partial charge in [-0.15, -0.1) is 23.5 Å². The monoisotopic (exact) mass is 408 g/mol. The summed E-state index contributed by atoms with van der Waals surface area (Å²) in [5.41, 5.74) is 0. The Bertz CT molecular complexity index is 527. The van der Waals surface area contributed by atoms with Crippen LogP contribution in [0.2, 0.25) is 0 Å². The standard InChI is InChI=1S/C15H24N2O5S3/c1-9(16-10(13(19)20)3-4-23-2)12(18)17-8-15(24-5-6-25-15)7-11(17)14(21)22/h9-11,16H,3-8H2,1-2H3,(H,19,20)(H,21,22)/t9-,10?,11?/m0/s1. The Morgan fingerprint density at radius 2 is 1.96 bits per heavy atom. The Kier molecular flexibility index (Phi) is 7.36. The molecule has 1 amide bonds. The molecule has 0 aromatic heterocycles. The number of hydrogen-bond donors (Lipinski definition) is 3. The average Bonchev–Trinajstić information content (AvgIpc) is 3.18. The van der Waals surface area contributed by atoms with Crippen LogP contribution in [0.1, 0.15) is 19.8 Å². The number of carboxylic acids is 2. The van der Waals surface area contributed by atoms with Gasteiger partial charge in [-0.2, -0.15) is 11.8 Å². The number of nitrogens with zero attached hydrogens (tertiary/aromatic N) is 1. The van der Waals surface area contributed by atoms with Crippen molar-refractivity contribution < 1.29 is 24.6 Å². The van der Waals surface area contributed by atoms with E-state index in [-0.39, 0.29) is 9.99 Å². The van der Waals surface area contributed by atoms with Crippen LogP contribution in [0.3, 0.4) is 0 Å². The molecule has 7 nitrogen and oxygen atoms in total. The molecule has 2 rings (SSSR count). The molecule has 2 saturated heterocycles. The van der Waals surface area contributed by atoms with E-state index in [1.54, 1.807) is 42.2 Å². The summed E-state index contributed by atoms with van der Waals surface area (Å²) in [4.78, 5) is 37.2. The fourth-order valence-electron chi connectivity index (χ4n) is 3.13. The smallest absolute Gasteiger partial charge is 0.326 e. The van der Waals surface area contributed by atoms with Crippen molar-refractivity contribution in [3.63, 3.8) is 0 Å². The number of hydrogen-bond acceptors (Lipinski definition) is 7. The van der Waals surface area contributed by atoms with Crippen molar-refractivity contribution in [3.05, 3.63) is 0 Å². The summed E-state index contributed by atoms with van der Waals surface area (Å²) in [6, 6.07) is -2.40. The first-order chi connectivity index (χ1) is 11.8. The van der Waals surface area contributed by atoms with Crippen LogP contribution < -0.4 is 5.32 Å². The molecular formula is C15H24N2O5S3. The maximum Gasteiger partial charge on any atom is 0.326 e. The number of likely N-dealkylation sites (tertiary alicyclic amines) is 1. The normalized spacial score (nSPS) is 24.4. The molecule has 10 heteroatoms. The molecule has 142 valence electrons. The molecule has 0 saturated carbocycles. The first-order valence-electron chi connectivity index (χ1n) is 8.08. The zero-order chi connectivity index (χ0) is 18.6. The highest BCUT2D eigenvalue weighted by molar-refractivity contribution is 8.21. The lowest BCUT2D eigenvalue weighted by atomic mass is 10.1. The summed E-state index contributed by atoms with van der Waals surface area (Å²) in [6.07, 6.45) is 2.74. The lowest BCUT2D eigenvalue weighted by Gasteiger charge is -2.28. The summed E-state index contributed by atoms with van der Waals surface area (Å²) >= 11 is 4.99. The van der Waals surface area contributed by atoms with E-state index in [9.17, 15) is 24.6 Å². The maximum absolute atomic E-state index is 12.8. The summed E-state index contributed by atoms with van der Waals surface area (Å²) in [6.45, 7) is 2.00. The predicted molar refractivity (Wildman–Crippen MR) is 102 cm³/mol. The van der Waals surface area contributed by atoms with Crippen molar-refractivity contribution in [2.45, 2.75) is 42.0 Å². The largest absolute Gasteiger partial charge is 0.480 e. The van der Waals surface area contributed by atoms with Crippen LogP contribution in [-0.2, 0) is 14.4 Å². The first-order valence-corrected chi connectivity index (χ1v) is 11.4. The van der Waals surface area contributed by atoms with E-state index in [1.165, 1.54) is 4.90 Å². The summed E-state index contributed by atoms with van der Waals surface area (Å²) < 4.78 is -0.233. The number of carboxylic acid groups (broad SMARTS) is 2. The Morgan fingerprint density at radius 3 is 2.48 bits per heavy atom. The van der Waals surface area contributed by atoms with Gasteiger partial charge in [0.15, 0.2) is 0 Å². The lowest BCUT2D eigenvalue weighted by molar-refractivity contribution is -0.149. The average molecular weight is 409 g/mol. The number of nitrogens with one attached hydrogen (secondary N) is 1. The topological polar surface area (TPSA) is 107 Å². The molecule has 0 radical (unpaired) electrons. The molecule has 2 aliphatic heterocycles. The molecule has 3 N–H and O–H groups in total. The van der Waals surface area contributed by atoms with Gasteiger partial charge in [-0.05, 0) is 25.4 Å². The minimum Gasteiger partial charge on any atom is -0.480 e. The minimum absolute atomic E-state index is 0.233. The second-order valence-corrected chi connectivity index (χ2v) is 10.4. The van der Waals surface area contributed by atoms with Gasteiger partial charge in [-0.1, -0.05) is 0 Å². The van der Waals surface area contributed by atoms with E-state index in [1.807, 2.05) is 6.26 Å². The Morgan fingerprint density at radius 1 is 1.32 bits per heavy atom. The third-order valence-corrected chi connectivity index (χ3v) is 8.47. The van der Waals surface area contributed by atoms with Gasteiger partial charge in [-0.25, -0.2) is 4.79 Å². The van der Waals surface area contributed by atoms with E-state index in [0.717, 1.165) is 11.5 Å². The van der Waals surface area contributed by atoms with E-state index < -0.39 is 30.1 Å². The number of amides is 1. The van der Waals surface area contributed by atoms with Crippen LogP contribution in [0.25, 0.3) is 0 Å². The van der Waals surface area contributed by atoms with Gasteiger partial charge in [0.2, 0.25) is 5.91 Å². The molecule has 2 fully saturated rings. The summed E-state index contributed by atoms with van der Waals surface area (Å²) in [5, 5.41) is 21.7. The van der Waals surface area contributed by atoms with E-state index in [0.29, 0.717) is 25.1 Å². The molecule has 0 aromatic rings. The SMILES string of the molecule is CSCCC(N[C@@H](C)C(=O)N1CC2(CC1C(=O)O)SCCS2)C(=O)O. The van der Waals surface area contributed by atoms with Crippen molar-refractivity contribution in [2.24, 2.45) is 0 Å². The highest BCUT2D eigenvalue weighted by Gasteiger charge is 2.51. The number of thioether (sulfide) groups is 3. The second kappa shape index (κ2) is 8.88. The molecule has 0 aliphatic carbocycles. The molecule has 25 heavy (non-hydrogen) atoms. The fraction of sp³-hybridized carbons (Fsp3) is 0.800. The zero-order valence-corrected chi connectivity index (χ0v) is 16.7. The zero-order valence-electron chi connectivity index (χ0n) is 14.3. The van der Waals surface area contributed by atoms with E-state index in [2.05, 4.69) is 5.32 Å². The third kappa shape index (κ3) is 4.99. The van der Waals surface area contributed by atoms with Gasteiger partial charge in [0.25, 0.3) is 0 Å². The molecule has 3 atom stereocenters. The quantitative estimate of drug-likeness (QED) is 0.543. The van der Waals surface area contributed by atoms with Crippen molar-refractivity contribution in [3.8, 4) is 0 Å². The maximum atomic E-state index is 12.8. The highest BCUT2D eigenvalue weighted by Crippen LogP contribution is 2.51. The van der Waals surface area contributed by atoms with Gasteiger partial charge in [-0.3, -0.25) is 14.9 Å². The van der Waals surface area contributed by atoms with Crippen LogP contribution in [0, 0.1) is 0 Å². The van der Waals surface area contributed by atoms with E-state index >= 15 is 0 Å². The van der Waals surface area contributed by atoms with Gasteiger partial charge < -0.3 is 15.1 Å². The first kappa shape index (κ1) is 20.7. The molecular weight excluding hydrogens is 384 g/mol. The number of rotatable bonds is 8. The number of carbonyl (C=O) groups excluding carboxylic acids is 1. The molecule has 0 bridgehead atoms. The van der Waals surface area contributed by atoms with Gasteiger partial charge >= 0.3 is 11.9 Å². The molecule has 2 aliphatic rings. The van der Waals surface area contributed by atoms with Crippen molar-refractivity contribution in [1.82, 2.24) is 10.2 Å². The number of carbonyl (C=O) groups is 3.